The molecule has 2 aliphatic rings. The average molecular weight is 517 g/mol. The highest BCUT2D eigenvalue weighted by molar-refractivity contribution is 6.26. The van der Waals surface area contributed by atoms with Crippen LogP contribution in [0.25, 0.3) is 10.8 Å². The fourth-order valence-corrected chi connectivity index (χ4v) is 5.29. The van der Waals surface area contributed by atoms with Gasteiger partial charge in [0.2, 0.25) is 0 Å². The summed E-state index contributed by atoms with van der Waals surface area (Å²) in [5.41, 5.74) is 2.97. The lowest BCUT2D eigenvalue weighted by atomic mass is 9.92. The number of carbonyl (C=O) groups is 4. The molecule has 38 heavy (non-hydrogen) atoms. The van der Waals surface area contributed by atoms with Gasteiger partial charge >= 0.3 is 11.9 Å². The first-order valence-corrected chi connectivity index (χ1v) is 12.5. The van der Waals surface area contributed by atoms with Crippen LogP contribution in [0.15, 0.2) is 60.7 Å². The Balaban J connectivity index is 1.38. The Morgan fingerprint density at radius 1 is 0.737 bits per heavy atom. The Labute approximate surface area is 219 Å². The number of nitrogens with zero attached hydrogens (tertiary/aromatic N) is 4. The SMILES string of the molecule is O=C(O)CN(CCN1C(=O)c2cccc3c(N4CCN(c5ccccc5)CC4)ccc(c23)C1=O)CC(=O)O. The van der Waals surface area contributed by atoms with Crippen molar-refractivity contribution in [3.05, 3.63) is 71.8 Å². The molecule has 0 atom stereocenters. The molecule has 5 rings (SSSR count). The molecular formula is C28H28N4O6. The van der Waals surface area contributed by atoms with E-state index in [-0.39, 0.29) is 13.1 Å². The molecule has 0 unspecified atom stereocenters. The lowest BCUT2D eigenvalue weighted by Crippen LogP contribution is -2.47. The van der Waals surface area contributed by atoms with Crippen LogP contribution in [-0.2, 0) is 9.59 Å². The highest BCUT2D eigenvalue weighted by atomic mass is 16.4. The summed E-state index contributed by atoms with van der Waals surface area (Å²) < 4.78 is 0. The summed E-state index contributed by atoms with van der Waals surface area (Å²) in [6, 6.07) is 19.4. The molecule has 2 aliphatic heterocycles. The lowest BCUT2D eigenvalue weighted by molar-refractivity contribution is -0.141. The van der Waals surface area contributed by atoms with E-state index in [1.165, 1.54) is 10.6 Å². The smallest absolute Gasteiger partial charge is 0.317 e. The number of rotatable bonds is 9. The van der Waals surface area contributed by atoms with Gasteiger partial charge in [-0.15, -0.1) is 0 Å². The van der Waals surface area contributed by atoms with Gasteiger partial charge in [0.25, 0.3) is 11.8 Å². The number of amides is 2. The maximum Gasteiger partial charge on any atom is 0.317 e. The second-order valence-corrected chi connectivity index (χ2v) is 9.43. The third-order valence-corrected chi connectivity index (χ3v) is 7.07. The second kappa shape index (κ2) is 10.5. The third kappa shape index (κ3) is 4.90. The van der Waals surface area contributed by atoms with Crippen molar-refractivity contribution in [3.8, 4) is 0 Å². The summed E-state index contributed by atoms with van der Waals surface area (Å²) in [5.74, 6) is -3.31. The van der Waals surface area contributed by atoms with Gasteiger partial charge in [-0.05, 0) is 30.3 Å². The van der Waals surface area contributed by atoms with E-state index in [1.54, 1.807) is 18.2 Å². The number of piperazine rings is 1. The van der Waals surface area contributed by atoms with Gasteiger partial charge < -0.3 is 20.0 Å². The Morgan fingerprint density at radius 3 is 1.97 bits per heavy atom. The first kappa shape index (κ1) is 25.2. The number of benzene rings is 3. The fourth-order valence-electron chi connectivity index (χ4n) is 5.29. The first-order chi connectivity index (χ1) is 18.3. The minimum absolute atomic E-state index is 0.0643. The highest BCUT2D eigenvalue weighted by Crippen LogP contribution is 2.36. The quantitative estimate of drug-likeness (QED) is 0.412. The standard InChI is InChI=1S/C28H28N4O6/c33-24(34)17-29(18-25(35)36)11-16-32-27(37)21-8-4-7-20-23(10-9-22(26(20)21)28(32)38)31-14-12-30(13-15-31)19-5-2-1-3-6-19/h1-10H,11-18H2,(H,33,34)(H,35,36). The zero-order valence-corrected chi connectivity index (χ0v) is 20.7. The van der Waals surface area contributed by atoms with Gasteiger partial charge in [0.15, 0.2) is 0 Å². The Kier molecular flexibility index (Phi) is 6.97. The van der Waals surface area contributed by atoms with Crippen molar-refractivity contribution in [1.29, 1.82) is 0 Å². The van der Waals surface area contributed by atoms with Crippen LogP contribution in [0, 0.1) is 0 Å². The van der Waals surface area contributed by atoms with Gasteiger partial charge in [-0.1, -0.05) is 30.3 Å². The Hall–Kier alpha value is -4.44. The van der Waals surface area contributed by atoms with E-state index in [0.717, 1.165) is 42.2 Å². The first-order valence-electron chi connectivity index (χ1n) is 12.5. The predicted molar refractivity (Wildman–Crippen MR) is 142 cm³/mol. The lowest BCUT2D eigenvalue weighted by Gasteiger charge is -2.38. The van der Waals surface area contributed by atoms with Crippen LogP contribution in [0.2, 0.25) is 0 Å². The highest BCUT2D eigenvalue weighted by Gasteiger charge is 2.34. The van der Waals surface area contributed by atoms with Crippen LogP contribution < -0.4 is 9.80 Å². The minimum atomic E-state index is -1.19. The number of carbonyl (C=O) groups excluding carboxylic acids is 2. The van der Waals surface area contributed by atoms with Crippen LogP contribution in [0.3, 0.4) is 0 Å². The topological polar surface area (TPSA) is 122 Å². The van der Waals surface area contributed by atoms with Crippen molar-refractivity contribution >= 4 is 45.9 Å². The Morgan fingerprint density at radius 2 is 1.34 bits per heavy atom. The maximum atomic E-state index is 13.4. The molecule has 0 saturated carbocycles. The Bertz CT molecular complexity index is 1360. The van der Waals surface area contributed by atoms with Gasteiger partial charge in [-0.3, -0.25) is 29.0 Å². The fraction of sp³-hybridized carbons (Fsp3) is 0.286. The van der Waals surface area contributed by atoms with E-state index >= 15 is 0 Å². The van der Waals surface area contributed by atoms with Crippen molar-refractivity contribution in [2.75, 3.05) is 62.2 Å². The molecule has 2 heterocycles. The number of para-hydroxylation sites is 1. The zero-order valence-electron chi connectivity index (χ0n) is 20.7. The molecule has 1 saturated heterocycles. The zero-order chi connectivity index (χ0) is 26.8. The van der Waals surface area contributed by atoms with E-state index in [9.17, 15) is 19.2 Å². The molecule has 10 heteroatoms. The van der Waals surface area contributed by atoms with E-state index in [2.05, 4.69) is 21.9 Å². The van der Waals surface area contributed by atoms with E-state index in [4.69, 9.17) is 10.2 Å². The maximum absolute atomic E-state index is 13.4. The molecule has 3 aromatic carbocycles. The molecular weight excluding hydrogens is 488 g/mol. The molecule has 2 amide bonds. The predicted octanol–water partition coefficient (Wildman–Crippen LogP) is 2.23. The average Bonchev–Trinajstić information content (AvgIpc) is 2.91. The summed E-state index contributed by atoms with van der Waals surface area (Å²) in [4.78, 5) is 55.9. The van der Waals surface area contributed by atoms with Crippen molar-refractivity contribution in [2.24, 2.45) is 0 Å². The molecule has 0 spiro atoms. The summed E-state index contributed by atoms with van der Waals surface area (Å²) in [7, 11) is 0. The van der Waals surface area contributed by atoms with Crippen LogP contribution in [-0.4, -0.2) is 96.1 Å². The largest absolute Gasteiger partial charge is 0.480 e. The van der Waals surface area contributed by atoms with Crippen LogP contribution in [0.5, 0.6) is 0 Å². The van der Waals surface area contributed by atoms with Gasteiger partial charge in [-0.25, -0.2) is 0 Å². The molecule has 10 nitrogen and oxygen atoms in total. The summed E-state index contributed by atoms with van der Waals surface area (Å²) >= 11 is 0. The number of carboxylic acid groups (broad SMARTS) is 2. The van der Waals surface area contributed by atoms with Crippen LogP contribution >= 0.6 is 0 Å². The number of imide groups is 1. The van der Waals surface area contributed by atoms with E-state index < -0.39 is 36.8 Å². The van der Waals surface area contributed by atoms with E-state index in [1.807, 2.05) is 30.3 Å². The van der Waals surface area contributed by atoms with Gasteiger partial charge in [0.1, 0.15) is 0 Å². The summed E-state index contributed by atoms with van der Waals surface area (Å²) in [5, 5.41) is 19.6. The minimum Gasteiger partial charge on any atom is -0.480 e. The number of hydrogen-bond acceptors (Lipinski definition) is 7. The molecule has 196 valence electrons. The molecule has 3 aromatic rings. The molecule has 2 N–H and O–H groups in total. The summed E-state index contributed by atoms with van der Waals surface area (Å²) in [6.45, 7) is 2.10. The van der Waals surface area contributed by atoms with Crippen molar-refractivity contribution < 1.29 is 29.4 Å². The molecule has 0 bridgehead atoms. The number of anilines is 2. The van der Waals surface area contributed by atoms with Crippen LogP contribution in [0.1, 0.15) is 20.7 Å². The van der Waals surface area contributed by atoms with Crippen molar-refractivity contribution in [3.63, 3.8) is 0 Å². The van der Waals surface area contributed by atoms with Gasteiger partial charge in [-0.2, -0.15) is 0 Å². The van der Waals surface area contributed by atoms with Gasteiger partial charge in [0.05, 0.1) is 13.1 Å². The molecule has 1 fully saturated rings. The molecule has 0 aromatic heterocycles. The summed E-state index contributed by atoms with van der Waals surface area (Å²) in [6.07, 6.45) is 0. The normalized spacial score (nSPS) is 15.4. The van der Waals surface area contributed by atoms with Gasteiger partial charge in [0, 0.05) is 72.5 Å². The second-order valence-electron chi connectivity index (χ2n) is 9.43. The van der Waals surface area contributed by atoms with Crippen molar-refractivity contribution in [2.45, 2.75) is 0 Å². The third-order valence-electron chi connectivity index (χ3n) is 7.07. The number of carboxylic acids is 2. The van der Waals surface area contributed by atoms with E-state index in [0.29, 0.717) is 16.5 Å². The van der Waals surface area contributed by atoms with Crippen molar-refractivity contribution in [1.82, 2.24) is 9.80 Å². The van der Waals surface area contributed by atoms with Crippen LogP contribution in [0.4, 0.5) is 11.4 Å². The number of aliphatic carboxylic acids is 2. The number of hydrogen-bond donors (Lipinski definition) is 2. The molecule has 0 aliphatic carbocycles. The monoisotopic (exact) mass is 516 g/mol. The molecule has 0 radical (unpaired) electrons.